The average molecular weight is 1020 g/mol. The molecule has 0 spiro atoms. The minimum Gasteiger partial charge on any atom is -0.462 e. The summed E-state index contributed by atoms with van der Waals surface area (Å²) in [6.45, 7) is 2.43. The van der Waals surface area contributed by atoms with Crippen molar-refractivity contribution in [2.45, 2.75) is 261 Å². The van der Waals surface area contributed by atoms with Crippen LogP contribution in [0, 0.1) is 0 Å². The summed E-state index contributed by atoms with van der Waals surface area (Å²) in [6, 6.07) is 0. The van der Waals surface area contributed by atoms with Gasteiger partial charge in [-0.05, 0) is 77.0 Å². The van der Waals surface area contributed by atoms with Crippen molar-refractivity contribution in [2.24, 2.45) is 0 Å². The Balaban J connectivity index is 1.74. The van der Waals surface area contributed by atoms with E-state index in [0.717, 1.165) is 70.6 Å². The molecule has 416 valence electrons. The van der Waals surface area contributed by atoms with Crippen LogP contribution in [0.5, 0.6) is 0 Å². The zero-order valence-electron chi connectivity index (χ0n) is 44.1. The second kappa shape index (κ2) is 43.4. The van der Waals surface area contributed by atoms with E-state index in [9.17, 15) is 45.3 Å². The first-order valence-corrected chi connectivity index (χ1v) is 27.9. The van der Waals surface area contributed by atoms with Gasteiger partial charge >= 0.3 is 11.9 Å². The van der Waals surface area contributed by atoms with Crippen LogP contribution in [-0.4, -0.2) is 142 Å². The smallest absolute Gasteiger partial charge is 0.306 e. The Hall–Kier alpha value is -2.80. The van der Waals surface area contributed by atoms with Crippen molar-refractivity contribution in [1.29, 1.82) is 0 Å². The van der Waals surface area contributed by atoms with Crippen LogP contribution in [0.15, 0.2) is 60.8 Å². The van der Waals surface area contributed by atoms with E-state index in [-0.39, 0.29) is 19.4 Å². The Morgan fingerprint density at radius 1 is 0.458 bits per heavy atom. The summed E-state index contributed by atoms with van der Waals surface area (Å²) >= 11 is 0. The maximum atomic E-state index is 13.0. The summed E-state index contributed by atoms with van der Waals surface area (Å²) < 4.78 is 33.6. The number of ether oxygens (including phenoxy) is 6. The highest BCUT2D eigenvalue weighted by Crippen LogP contribution is 2.26. The summed E-state index contributed by atoms with van der Waals surface area (Å²) in [5.41, 5.74) is 0. The van der Waals surface area contributed by atoms with Crippen molar-refractivity contribution in [2.75, 3.05) is 26.4 Å². The van der Waals surface area contributed by atoms with Crippen molar-refractivity contribution in [3.63, 3.8) is 0 Å². The first-order chi connectivity index (χ1) is 35.0. The minimum atomic E-state index is -1.77. The molecule has 15 nitrogen and oxygen atoms in total. The number of esters is 2. The number of hydrogen-bond acceptors (Lipinski definition) is 15. The van der Waals surface area contributed by atoms with Crippen LogP contribution in [0.4, 0.5) is 0 Å². The predicted molar refractivity (Wildman–Crippen MR) is 280 cm³/mol. The molecule has 2 saturated heterocycles. The topological polar surface area (TPSA) is 231 Å². The molecule has 0 aromatic rings. The largest absolute Gasteiger partial charge is 0.462 e. The molecular weight excluding hydrogens is 925 g/mol. The molecule has 0 amide bonds. The van der Waals surface area contributed by atoms with Gasteiger partial charge in [-0.2, -0.15) is 0 Å². The van der Waals surface area contributed by atoms with Crippen LogP contribution < -0.4 is 0 Å². The lowest BCUT2D eigenvalue weighted by molar-refractivity contribution is -0.332. The number of carbonyl (C=O) groups excluding carboxylic acids is 2. The van der Waals surface area contributed by atoms with Crippen LogP contribution in [0.2, 0.25) is 0 Å². The van der Waals surface area contributed by atoms with E-state index in [4.69, 9.17) is 28.4 Å². The summed E-state index contributed by atoms with van der Waals surface area (Å²) in [5.74, 6) is -0.962. The average Bonchev–Trinajstić information content (AvgIpc) is 3.37. The van der Waals surface area contributed by atoms with E-state index in [1.807, 2.05) is 0 Å². The van der Waals surface area contributed by atoms with E-state index in [2.05, 4.69) is 74.6 Å². The van der Waals surface area contributed by atoms with Gasteiger partial charge in [-0.1, -0.05) is 164 Å². The Labute approximate surface area is 432 Å². The summed E-state index contributed by atoms with van der Waals surface area (Å²) in [7, 11) is 0. The third-order valence-corrected chi connectivity index (χ3v) is 13.0. The first-order valence-electron chi connectivity index (χ1n) is 27.9. The Bertz CT molecular complexity index is 1480. The zero-order valence-corrected chi connectivity index (χ0v) is 44.1. The SMILES string of the molecule is CC/C=C\C/C=C\C/C=C\CCCCCC(=O)OC(COC(=O)CCCCCCCCCCCCC/C=C\C/C=C\CCCCCCC)COC1OC(COC2OC(CO)C(O)C(O)C2O)C(O)C(O)C1O. The zero-order chi connectivity index (χ0) is 52.4. The maximum Gasteiger partial charge on any atom is 0.306 e. The predicted octanol–water partition coefficient (Wildman–Crippen LogP) is 8.83. The van der Waals surface area contributed by atoms with Crippen LogP contribution in [0.1, 0.15) is 194 Å². The Morgan fingerprint density at radius 2 is 0.875 bits per heavy atom. The number of rotatable bonds is 43. The monoisotopic (exact) mass is 1020 g/mol. The van der Waals surface area contributed by atoms with Crippen LogP contribution in [0.3, 0.4) is 0 Å². The van der Waals surface area contributed by atoms with E-state index in [1.165, 1.54) is 83.5 Å². The second-order valence-corrected chi connectivity index (χ2v) is 19.4. The van der Waals surface area contributed by atoms with Crippen molar-refractivity contribution >= 4 is 11.9 Å². The van der Waals surface area contributed by atoms with Gasteiger partial charge in [0.15, 0.2) is 18.7 Å². The lowest BCUT2D eigenvalue weighted by Crippen LogP contribution is -2.61. The second-order valence-electron chi connectivity index (χ2n) is 19.4. The molecule has 2 aliphatic heterocycles. The van der Waals surface area contributed by atoms with Gasteiger partial charge in [0.2, 0.25) is 0 Å². The van der Waals surface area contributed by atoms with Crippen molar-refractivity contribution in [3.05, 3.63) is 60.8 Å². The summed E-state index contributed by atoms with van der Waals surface area (Å²) in [6.07, 6.45) is 34.0. The lowest BCUT2D eigenvalue weighted by atomic mass is 9.98. The van der Waals surface area contributed by atoms with Gasteiger partial charge in [-0.15, -0.1) is 0 Å². The number of aliphatic hydroxyl groups excluding tert-OH is 7. The van der Waals surface area contributed by atoms with Gasteiger partial charge < -0.3 is 64.2 Å². The molecule has 0 saturated carbocycles. The number of allylic oxidation sites excluding steroid dienone is 10. The molecule has 11 atom stereocenters. The molecule has 2 heterocycles. The van der Waals surface area contributed by atoms with E-state index < -0.39 is 99.3 Å². The highest BCUT2D eigenvalue weighted by Gasteiger charge is 2.47. The normalized spacial score (nSPS) is 25.5. The van der Waals surface area contributed by atoms with Gasteiger partial charge in [0.05, 0.1) is 19.8 Å². The fourth-order valence-electron chi connectivity index (χ4n) is 8.44. The Kier molecular flexibility index (Phi) is 39.4. The number of unbranched alkanes of at least 4 members (excludes halogenated alkanes) is 19. The molecule has 2 aliphatic rings. The molecule has 2 fully saturated rings. The van der Waals surface area contributed by atoms with E-state index in [1.54, 1.807) is 0 Å². The number of hydrogen-bond donors (Lipinski definition) is 7. The molecule has 0 radical (unpaired) electrons. The van der Waals surface area contributed by atoms with E-state index in [0.29, 0.717) is 12.8 Å². The fourth-order valence-corrected chi connectivity index (χ4v) is 8.44. The third kappa shape index (κ3) is 30.5. The molecule has 72 heavy (non-hydrogen) atoms. The fraction of sp³-hybridized carbons (Fsp3) is 0.789. The summed E-state index contributed by atoms with van der Waals surface area (Å²) in [5, 5.41) is 72.2. The molecule has 0 aromatic heterocycles. The molecule has 0 bridgehead atoms. The molecule has 7 N–H and O–H groups in total. The highest BCUT2D eigenvalue weighted by molar-refractivity contribution is 5.70. The lowest BCUT2D eigenvalue weighted by Gasteiger charge is -2.42. The van der Waals surface area contributed by atoms with E-state index >= 15 is 0 Å². The highest BCUT2D eigenvalue weighted by atomic mass is 16.7. The van der Waals surface area contributed by atoms with Gasteiger partial charge in [0.25, 0.3) is 0 Å². The molecule has 2 rings (SSSR count). The van der Waals surface area contributed by atoms with Gasteiger partial charge in [-0.3, -0.25) is 9.59 Å². The number of aliphatic hydroxyl groups is 7. The van der Waals surface area contributed by atoms with Crippen molar-refractivity contribution in [3.8, 4) is 0 Å². The molecule has 11 unspecified atom stereocenters. The summed E-state index contributed by atoms with van der Waals surface area (Å²) in [4.78, 5) is 25.8. The molecule has 0 aromatic carbocycles. The van der Waals surface area contributed by atoms with Crippen molar-refractivity contribution in [1.82, 2.24) is 0 Å². The quantitative estimate of drug-likeness (QED) is 0.0172. The van der Waals surface area contributed by atoms with Crippen LogP contribution in [0.25, 0.3) is 0 Å². The standard InChI is InChI=1S/C57H98O15/c1-3-5-7-9-11-13-15-17-18-19-20-21-22-23-24-25-26-28-29-31-33-35-37-39-48(59)67-42-45(70-49(60)40-38-36-34-32-30-27-16-14-12-10-8-6-4-2)43-68-56-55(66)53(64)51(62)47(72-56)44-69-57-54(65)52(63)50(61)46(41-58)71-57/h6,8,12,14-15,17,19-20,27,30,45-47,50-58,61-66H,3-5,7,9-11,13,16,18,21-26,28-29,31-44H2,1-2H3/b8-6-,14-12-,17-15-,20-19-,30-27-. The first kappa shape index (κ1) is 65.3. The van der Waals surface area contributed by atoms with Gasteiger partial charge in [0.1, 0.15) is 55.4 Å². The minimum absolute atomic E-state index is 0.128. The maximum absolute atomic E-state index is 13.0. The van der Waals surface area contributed by atoms with Crippen LogP contribution >= 0.6 is 0 Å². The van der Waals surface area contributed by atoms with Crippen molar-refractivity contribution < 1.29 is 73.8 Å². The van der Waals surface area contributed by atoms with Gasteiger partial charge in [-0.25, -0.2) is 0 Å². The van der Waals surface area contributed by atoms with Gasteiger partial charge in [0, 0.05) is 12.8 Å². The van der Waals surface area contributed by atoms with Crippen LogP contribution in [-0.2, 0) is 38.0 Å². The number of carbonyl (C=O) groups is 2. The molecule has 15 heteroatoms. The molecule has 0 aliphatic carbocycles. The molecular formula is C57H98O15. The Morgan fingerprint density at radius 3 is 1.39 bits per heavy atom. The third-order valence-electron chi connectivity index (χ3n) is 13.0.